The van der Waals surface area contributed by atoms with Gasteiger partial charge in [-0.3, -0.25) is 14.4 Å². The van der Waals surface area contributed by atoms with Gasteiger partial charge in [0.1, 0.15) is 23.4 Å². The Labute approximate surface area is 242 Å². The standard InChI is InChI=1S/C31H44N4O6/c1-8-9-10-18-35(29(38)25(19-26(32)36)34-30(39)41-31(4,5)6)27(24-13-11-12-20(2)21(24)3)28(37)33-22-14-16-23(40-7)17-15-22/h11-17,25,27H,8-10,18-19H2,1-7H3,(H2,32,36)(H,33,37)(H,34,39). The van der Waals surface area contributed by atoms with Crippen LogP contribution in [0.25, 0.3) is 0 Å². The summed E-state index contributed by atoms with van der Waals surface area (Å²) in [6.07, 6.45) is 0.979. The summed E-state index contributed by atoms with van der Waals surface area (Å²) in [7, 11) is 1.55. The van der Waals surface area contributed by atoms with Gasteiger partial charge in [0.2, 0.25) is 11.8 Å². The monoisotopic (exact) mass is 568 g/mol. The van der Waals surface area contributed by atoms with Crippen LogP contribution in [0.3, 0.4) is 0 Å². The molecule has 0 saturated carbocycles. The normalized spacial score (nSPS) is 12.6. The zero-order valence-corrected chi connectivity index (χ0v) is 25.2. The molecule has 0 bridgehead atoms. The summed E-state index contributed by atoms with van der Waals surface area (Å²) in [5.41, 5.74) is 7.61. The lowest BCUT2D eigenvalue weighted by Gasteiger charge is -2.35. The number of primary amides is 1. The lowest BCUT2D eigenvalue weighted by molar-refractivity contribution is -0.142. The third-order valence-corrected chi connectivity index (χ3v) is 6.54. The highest BCUT2D eigenvalue weighted by Crippen LogP contribution is 2.29. The van der Waals surface area contributed by atoms with E-state index in [-0.39, 0.29) is 6.54 Å². The van der Waals surface area contributed by atoms with Gasteiger partial charge in [-0.2, -0.15) is 0 Å². The molecule has 0 radical (unpaired) electrons. The number of hydrogen-bond donors (Lipinski definition) is 3. The van der Waals surface area contributed by atoms with Gasteiger partial charge in [-0.1, -0.05) is 38.0 Å². The molecule has 2 rings (SSSR count). The minimum absolute atomic E-state index is 0.214. The van der Waals surface area contributed by atoms with Crippen molar-refractivity contribution in [1.29, 1.82) is 0 Å². The van der Waals surface area contributed by atoms with E-state index in [9.17, 15) is 19.2 Å². The number of benzene rings is 2. The van der Waals surface area contributed by atoms with E-state index in [1.165, 1.54) is 4.90 Å². The van der Waals surface area contributed by atoms with Gasteiger partial charge >= 0.3 is 6.09 Å². The summed E-state index contributed by atoms with van der Waals surface area (Å²) >= 11 is 0. The Hall–Kier alpha value is -4.08. The van der Waals surface area contributed by atoms with Crippen molar-refractivity contribution in [2.75, 3.05) is 19.0 Å². The highest BCUT2D eigenvalue weighted by Gasteiger charge is 2.37. The number of carbonyl (C=O) groups is 4. The molecule has 10 heteroatoms. The fourth-order valence-electron chi connectivity index (χ4n) is 4.36. The number of aryl methyl sites for hydroxylation is 1. The molecule has 0 aromatic heterocycles. The first-order valence-electron chi connectivity index (χ1n) is 13.9. The molecular formula is C31H44N4O6. The topological polar surface area (TPSA) is 140 Å². The fourth-order valence-corrected chi connectivity index (χ4v) is 4.36. The first kappa shape index (κ1) is 33.1. The average Bonchev–Trinajstić information content (AvgIpc) is 2.88. The molecule has 0 fully saturated rings. The maximum Gasteiger partial charge on any atom is 0.408 e. The number of nitrogens with zero attached hydrogens (tertiary/aromatic N) is 1. The Bertz CT molecular complexity index is 1210. The Morgan fingerprint density at radius 1 is 1.00 bits per heavy atom. The van der Waals surface area contributed by atoms with Gasteiger partial charge in [-0.05, 0) is 82.0 Å². The highest BCUT2D eigenvalue weighted by atomic mass is 16.6. The van der Waals surface area contributed by atoms with Crippen molar-refractivity contribution in [3.63, 3.8) is 0 Å². The van der Waals surface area contributed by atoms with Crippen molar-refractivity contribution in [2.45, 2.75) is 84.9 Å². The van der Waals surface area contributed by atoms with E-state index in [4.69, 9.17) is 15.2 Å². The number of amides is 4. The molecule has 0 saturated heterocycles. The van der Waals surface area contributed by atoms with Gasteiger partial charge in [0.25, 0.3) is 5.91 Å². The van der Waals surface area contributed by atoms with E-state index < -0.39 is 47.9 Å². The molecular weight excluding hydrogens is 524 g/mol. The number of anilines is 1. The molecule has 2 atom stereocenters. The SMILES string of the molecule is CCCCCN(C(=O)C(CC(N)=O)NC(=O)OC(C)(C)C)C(C(=O)Nc1ccc(OC)cc1)c1cccc(C)c1C. The third-order valence-electron chi connectivity index (χ3n) is 6.54. The van der Waals surface area contributed by atoms with Gasteiger partial charge in [-0.15, -0.1) is 0 Å². The number of alkyl carbamates (subject to hydrolysis) is 1. The molecule has 0 heterocycles. The zero-order valence-electron chi connectivity index (χ0n) is 25.2. The molecule has 2 aromatic rings. The van der Waals surface area contributed by atoms with Crippen molar-refractivity contribution < 1.29 is 28.7 Å². The quantitative estimate of drug-likeness (QED) is 0.297. The van der Waals surface area contributed by atoms with E-state index in [1.807, 2.05) is 39.0 Å². The smallest absolute Gasteiger partial charge is 0.408 e. The average molecular weight is 569 g/mol. The van der Waals surface area contributed by atoms with Gasteiger partial charge in [-0.25, -0.2) is 4.79 Å². The molecule has 0 aliphatic heterocycles. The van der Waals surface area contributed by atoms with Gasteiger partial charge in [0, 0.05) is 12.2 Å². The Balaban J connectivity index is 2.59. The molecule has 4 N–H and O–H groups in total. The first-order chi connectivity index (χ1) is 19.3. The van der Waals surface area contributed by atoms with Gasteiger partial charge < -0.3 is 30.7 Å². The van der Waals surface area contributed by atoms with Crippen LogP contribution < -0.4 is 21.1 Å². The van der Waals surface area contributed by atoms with E-state index in [0.29, 0.717) is 23.4 Å². The number of unbranched alkanes of at least 4 members (excludes halogenated alkanes) is 2. The molecule has 10 nitrogen and oxygen atoms in total. The maximum atomic E-state index is 14.2. The van der Waals surface area contributed by atoms with Crippen molar-refractivity contribution in [1.82, 2.24) is 10.2 Å². The Morgan fingerprint density at radius 3 is 2.22 bits per heavy atom. The van der Waals surface area contributed by atoms with Crippen LogP contribution >= 0.6 is 0 Å². The minimum atomic E-state index is -1.33. The first-order valence-corrected chi connectivity index (χ1v) is 13.9. The molecule has 0 spiro atoms. The lowest BCUT2D eigenvalue weighted by Crippen LogP contribution is -2.53. The van der Waals surface area contributed by atoms with Crippen LogP contribution in [0.15, 0.2) is 42.5 Å². The number of carbonyl (C=O) groups excluding carboxylic acids is 4. The number of hydrogen-bond acceptors (Lipinski definition) is 6. The number of rotatable bonds is 13. The lowest BCUT2D eigenvalue weighted by atomic mass is 9.94. The van der Waals surface area contributed by atoms with Crippen molar-refractivity contribution in [2.24, 2.45) is 5.73 Å². The van der Waals surface area contributed by atoms with Crippen LogP contribution in [0.4, 0.5) is 10.5 Å². The van der Waals surface area contributed by atoms with Crippen LogP contribution in [0.5, 0.6) is 5.75 Å². The predicted molar refractivity (Wildman–Crippen MR) is 158 cm³/mol. The second-order valence-corrected chi connectivity index (χ2v) is 11.0. The van der Waals surface area contributed by atoms with Crippen LogP contribution in [-0.4, -0.2) is 54.0 Å². The van der Waals surface area contributed by atoms with Crippen LogP contribution in [0.1, 0.15) is 76.1 Å². The van der Waals surface area contributed by atoms with E-state index in [0.717, 1.165) is 24.0 Å². The van der Waals surface area contributed by atoms with Crippen LogP contribution in [0, 0.1) is 13.8 Å². The Morgan fingerprint density at radius 2 is 1.66 bits per heavy atom. The third kappa shape index (κ3) is 10.1. The van der Waals surface area contributed by atoms with Crippen molar-refractivity contribution in [3.05, 3.63) is 59.2 Å². The summed E-state index contributed by atoms with van der Waals surface area (Å²) in [6.45, 7) is 11.1. The number of ether oxygens (including phenoxy) is 2. The number of nitrogens with one attached hydrogen (secondary N) is 2. The van der Waals surface area contributed by atoms with Crippen LogP contribution in [0.2, 0.25) is 0 Å². The molecule has 2 aromatic carbocycles. The van der Waals surface area contributed by atoms with E-state index in [1.54, 1.807) is 52.1 Å². The number of nitrogens with two attached hydrogens (primary N) is 1. The number of methoxy groups -OCH3 is 1. The zero-order chi connectivity index (χ0) is 30.7. The van der Waals surface area contributed by atoms with Crippen LogP contribution in [-0.2, 0) is 19.1 Å². The maximum absolute atomic E-state index is 14.2. The second-order valence-electron chi connectivity index (χ2n) is 11.0. The summed E-state index contributed by atoms with van der Waals surface area (Å²) in [4.78, 5) is 54.3. The van der Waals surface area contributed by atoms with E-state index in [2.05, 4.69) is 10.6 Å². The van der Waals surface area contributed by atoms with Crippen molar-refractivity contribution in [3.8, 4) is 5.75 Å². The highest BCUT2D eigenvalue weighted by molar-refractivity contribution is 6.00. The summed E-state index contributed by atoms with van der Waals surface area (Å²) in [6, 6.07) is 10.1. The molecule has 0 aliphatic rings. The molecule has 224 valence electrons. The molecule has 0 aliphatic carbocycles. The van der Waals surface area contributed by atoms with Gasteiger partial charge in [0.15, 0.2) is 0 Å². The fraction of sp³-hybridized carbons (Fsp3) is 0.484. The largest absolute Gasteiger partial charge is 0.497 e. The molecule has 2 unspecified atom stereocenters. The van der Waals surface area contributed by atoms with Gasteiger partial charge in [0.05, 0.1) is 13.5 Å². The molecule has 41 heavy (non-hydrogen) atoms. The predicted octanol–water partition coefficient (Wildman–Crippen LogP) is 4.78. The minimum Gasteiger partial charge on any atom is -0.497 e. The Kier molecular flexibility index (Phi) is 12.2. The second kappa shape index (κ2) is 15.1. The van der Waals surface area contributed by atoms with Crippen molar-refractivity contribution >= 4 is 29.5 Å². The summed E-state index contributed by atoms with van der Waals surface area (Å²) in [5, 5.41) is 5.43. The van der Waals surface area contributed by atoms with E-state index >= 15 is 0 Å². The molecule has 4 amide bonds. The summed E-state index contributed by atoms with van der Waals surface area (Å²) in [5.74, 6) is -1.20. The summed E-state index contributed by atoms with van der Waals surface area (Å²) < 4.78 is 10.6.